The monoisotopic (exact) mass is 476 g/mol. The van der Waals surface area contributed by atoms with Crippen molar-refractivity contribution in [3.8, 4) is 0 Å². The molecule has 0 spiro atoms. The van der Waals surface area contributed by atoms with Gasteiger partial charge in [0.25, 0.3) is 0 Å². The predicted molar refractivity (Wildman–Crippen MR) is 84.8 cm³/mol. The van der Waals surface area contributed by atoms with Crippen LogP contribution in [0.5, 0.6) is 0 Å². The van der Waals surface area contributed by atoms with Crippen LogP contribution in [0.1, 0.15) is 0 Å². The first kappa shape index (κ1) is 22.7. The molecule has 0 aliphatic carbocycles. The van der Waals surface area contributed by atoms with Crippen LogP contribution < -0.4 is 18.3 Å². The third-order valence-corrected chi connectivity index (χ3v) is 5.98. The van der Waals surface area contributed by atoms with Gasteiger partial charge in [0.05, 0.1) is 0 Å². The predicted octanol–water partition coefficient (Wildman–Crippen LogP) is 0.381. The van der Waals surface area contributed by atoms with E-state index >= 15 is 0 Å². The number of H-pyrrole nitrogens is 2. The normalized spacial score (nSPS) is 11.1. The molecule has 29 heavy (non-hydrogen) atoms. The molecule has 2 heterocycles. The van der Waals surface area contributed by atoms with E-state index in [0.29, 0.717) is 0 Å². The molecule has 0 unspecified atom stereocenters. The number of nitrogens with one attached hydrogen (secondary N) is 2. The maximum Gasteiger partial charge on any atom is 0.210 e. The molecule has 4 rings (SSSR count). The Kier molecular flexibility index (Phi) is 8.03. The van der Waals surface area contributed by atoms with E-state index in [-0.39, 0.29) is 0 Å². The number of pyridine rings is 2. The molecule has 0 saturated carbocycles. The molecule has 2 N–H and O–H groups in total. The van der Waals surface area contributed by atoms with Crippen molar-refractivity contribution in [3.63, 3.8) is 0 Å². The van der Waals surface area contributed by atoms with Crippen LogP contribution in [0.3, 0.4) is 0 Å². The molecule has 0 aliphatic heterocycles. The van der Waals surface area contributed by atoms with Crippen LogP contribution in [0.4, 0.5) is 0 Å². The van der Waals surface area contributed by atoms with Crippen LogP contribution in [-0.2, 0) is 45.3 Å². The second-order valence-corrected chi connectivity index (χ2v) is 9.04. The van der Waals surface area contributed by atoms with Crippen molar-refractivity contribution >= 4 is 21.8 Å². The molecule has 0 aliphatic rings. The molecule has 0 atom stereocenters. The largest absolute Gasteiger partial charge is 0.211 e. The number of hydrogen-bond donors (Lipinski definition) is 0. The Balaban J connectivity index is 0.000000156. The van der Waals surface area contributed by atoms with Gasteiger partial charge in [-0.1, -0.05) is 24.3 Å². The molecule has 2 aromatic heterocycles. The van der Waals surface area contributed by atoms with Crippen LogP contribution in [0, 0.1) is 0 Å². The fourth-order valence-electron chi connectivity index (χ4n) is 2.23. The third-order valence-electron chi connectivity index (χ3n) is 3.31. The summed E-state index contributed by atoms with van der Waals surface area (Å²) in [6, 6.07) is 24.6. The Morgan fingerprint density at radius 2 is 0.931 bits per heavy atom. The van der Waals surface area contributed by atoms with E-state index in [1.54, 1.807) is 0 Å². The molecule has 0 saturated heterocycles. The molecule has 0 radical (unpaired) electrons. The van der Waals surface area contributed by atoms with Gasteiger partial charge in [-0.05, 0) is 24.3 Å². The maximum atomic E-state index is 9.38. The maximum absolute atomic E-state index is 9.38. The van der Waals surface area contributed by atoms with Gasteiger partial charge in [-0.3, -0.25) is 0 Å². The van der Waals surface area contributed by atoms with E-state index in [1.165, 1.54) is 21.8 Å². The topological polar surface area (TPSA) is 152 Å². The summed E-state index contributed by atoms with van der Waals surface area (Å²) < 4.78 is 58.9. The van der Waals surface area contributed by atoms with Crippen LogP contribution in [-0.4, -0.2) is 0 Å². The molecular formula is C18H16Cr2N2O7. The van der Waals surface area contributed by atoms with Gasteiger partial charge in [-0.2, -0.15) is 0 Å². The van der Waals surface area contributed by atoms with Gasteiger partial charge >= 0.3 is 53.6 Å². The molecule has 0 bridgehead atoms. The van der Waals surface area contributed by atoms with Crippen LogP contribution in [0.2, 0.25) is 0 Å². The van der Waals surface area contributed by atoms with E-state index in [0.717, 1.165) is 0 Å². The number of aromatic amines is 2. The Hall–Kier alpha value is -2.60. The molecule has 4 aromatic rings. The van der Waals surface area contributed by atoms with Crippen molar-refractivity contribution < 1.29 is 63.6 Å². The summed E-state index contributed by atoms with van der Waals surface area (Å²) in [5.74, 6) is 0. The van der Waals surface area contributed by atoms with Gasteiger partial charge in [0.15, 0.2) is 12.4 Å². The number of para-hydroxylation sites is 2. The Labute approximate surface area is 170 Å². The summed E-state index contributed by atoms with van der Waals surface area (Å²) in [4.78, 5) is 6.30. The van der Waals surface area contributed by atoms with Crippen molar-refractivity contribution in [2.75, 3.05) is 0 Å². The average molecular weight is 476 g/mol. The van der Waals surface area contributed by atoms with Crippen molar-refractivity contribution in [3.05, 3.63) is 85.2 Å². The first-order chi connectivity index (χ1) is 13.6. The summed E-state index contributed by atoms with van der Waals surface area (Å²) in [5, 5.41) is 2.51. The summed E-state index contributed by atoms with van der Waals surface area (Å²) >= 11 is -12.1. The summed E-state index contributed by atoms with van der Waals surface area (Å²) in [5.41, 5.74) is 2.37. The zero-order chi connectivity index (χ0) is 21.3. The first-order valence-corrected chi connectivity index (χ1v) is 12.1. The molecule has 9 nitrogen and oxygen atoms in total. The van der Waals surface area contributed by atoms with Gasteiger partial charge in [-0.25, -0.2) is 9.97 Å². The van der Waals surface area contributed by atoms with Crippen LogP contribution in [0.25, 0.3) is 21.8 Å². The van der Waals surface area contributed by atoms with Gasteiger partial charge in [0, 0.05) is 35.0 Å². The van der Waals surface area contributed by atoms with Gasteiger partial charge in [-0.15, -0.1) is 0 Å². The standard InChI is InChI=1S/2C9H7N.2Cr.7O/c2*1-2-6-9-8(4-1)5-3-7-10-9;;;;;;;;;/h2*1-7H;;;;;;;;;/q;;;;;;;;;2*-1/p+2. The fraction of sp³-hybridized carbons (Fsp3) is 0. The number of hydrogen-bond acceptors (Lipinski definition) is 7. The SMILES string of the molecule is [O]=[Cr](=[O])([O-])[O][Cr](=[O])(=[O])[O-].c1ccc2[nH+]cccc2c1.c1ccc2[nH+]cccc2c1. The Morgan fingerprint density at radius 3 is 1.24 bits per heavy atom. The van der Waals surface area contributed by atoms with Crippen molar-refractivity contribution in [2.45, 2.75) is 0 Å². The molecule has 0 fully saturated rings. The first-order valence-electron chi connectivity index (χ1n) is 7.98. The minimum atomic E-state index is -6.07. The molecule has 2 aromatic carbocycles. The van der Waals surface area contributed by atoms with E-state index < -0.39 is 27.2 Å². The van der Waals surface area contributed by atoms with Crippen molar-refractivity contribution in [2.24, 2.45) is 0 Å². The summed E-state index contributed by atoms with van der Waals surface area (Å²) in [6.07, 6.45) is 3.87. The van der Waals surface area contributed by atoms with Gasteiger partial charge in [0.1, 0.15) is 0 Å². The molecule has 0 amide bonds. The Morgan fingerprint density at radius 1 is 0.586 bits per heavy atom. The third kappa shape index (κ3) is 8.96. The fourth-order valence-corrected chi connectivity index (χ4v) is 3.86. The molecule has 152 valence electrons. The van der Waals surface area contributed by atoms with E-state index in [4.69, 9.17) is 0 Å². The number of aromatic nitrogens is 2. The van der Waals surface area contributed by atoms with Gasteiger partial charge < -0.3 is 0 Å². The smallest absolute Gasteiger partial charge is 0.210 e. The number of rotatable bonds is 2. The Bertz CT molecular complexity index is 1060. The summed E-state index contributed by atoms with van der Waals surface area (Å²) in [7, 11) is 0. The minimum Gasteiger partial charge on any atom is -0.211 e. The van der Waals surface area contributed by atoms with E-state index in [9.17, 15) is 23.5 Å². The molecule has 11 heteroatoms. The quantitative estimate of drug-likeness (QED) is 0.406. The van der Waals surface area contributed by atoms with Crippen LogP contribution >= 0.6 is 0 Å². The zero-order valence-corrected chi connectivity index (χ0v) is 17.3. The second-order valence-electron chi connectivity index (χ2n) is 5.40. The summed E-state index contributed by atoms with van der Waals surface area (Å²) in [6.45, 7) is 0. The molecular weight excluding hydrogens is 460 g/mol. The second kappa shape index (κ2) is 10.3. The van der Waals surface area contributed by atoms with Crippen molar-refractivity contribution in [1.29, 1.82) is 0 Å². The minimum absolute atomic E-state index is 1.19. The van der Waals surface area contributed by atoms with E-state index in [1.807, 2.05) is 48.8 Å². The number of fused-ring (bicyclic) bond motifs is 2. The number of benzene rings is 2. The van der Waals surface area contributed by atoms with Crippen LogP contribution in [0.15, 0.2) is 85.2 Å². The average Bonchev–Trinajstić information content (AvgIpc) is 2.66. The van der Waals surface area contributed by atoms with Gasteiger partial charge in [0.2, 0.25) is 11.0 Å². The van der Waals surface area contributed by atoms with E-state index in [2.05, 4.69) is 49.2 Å². The van der Waals surface area contributed by atoms with Crippen molar-refractivity contribution in [1.82, 2.24) is 0 Å². The zero-order valence-electron chi connectivity index (χ0n) is 14.8.